The largest absolute Gasteiger partial charge is 0.368 e. The predicted octanol–water partition coefficient (Wildman–Crippen LogP) is 0.107. The minimum absolute atomic E-state index is 0.255. The second kappa shape index (κ2) is 6.56. The van der Waals surface area contributed by atoms with Crippen molar-refractivity contribution in [2.45, 2.75) is 72.8 Å². The number of hydrogen-bond donors (Lipinski definition) is 2. The second-order valence-electron chi connectivity index (χ2n) is 8.10. The van der Waals surface area contributed by atoms with Gasteiger partial charge in [-0.3, -0.25) is 9.11 Å². The zero-order chi connectivity index (χ0) is 21.3. The fourth-order valence-electron chi connectivity index (χ4n) is 4.83. The van der Waals surface area contributed by atoms with E-state index in [1.54, 1.807) is 0 Å². The lowest BCUT2D eigenvalue weighted by atomic mass is 9.75. The summed E-state index contributed by atoms with van der Waals surface area (Å²) < 4.78 is 96.1. The highest BCUT2D eigenvalue weighted by atomic mass is 32.2. The molecule has 0 aliphatic carbocycles. The number of ether oxygens (including phenoxy) is 5. The summed E-state index contributed by atoms with van der Waals surface area (Å²) in [6.07, 6.45) is 1.03. The van der Waals surface area contributed by atoms with Crippen LogP contribution in [0.4, 0.5) is 0 Å². The lowest BCUT2D eigenvalue weighted by molar-refractivity contribution is -0.516. The maximum atomic E-state index is 11.9. The van der Waals surface area contributed by atoms with E-state index in [4.69, 9.17) is 23.7 Å². The fourth-order valence-corrected chi connectivity index (χ4v) is 6.52. The quantitative estimate of drug-likeness (QED) is 0.476. The minimum Gasteiger partial charge on any atom is -0.368 e. The first-order valence-corrected chi connectivity index (χ1v) is 12.5. The summed E-state index contributed by atoms with van der Waals surface area (Å²) in [4.78, 5) is 0. The zero-order valence-corrected chi connectivity index (χ0v) is 17.8. The summed E-state index contributed by atoms with van der Waals surface area (Å²) in [5.41, 5.74) is -2.95. The molecule has 0 aromatic carbocycles. The molecule has 4 aliphatic heterocycles. The molecular formula is C16H26O11S2. The van der Waals surface area contributed by atoms with Crippen molar-refractivity contribution in [3.63, 3.8) is 0 Å². The molecule has 0 aromatic heterocycles. The molecule has 4 heterocycles. The maximum absolute atomic E-state index is 11.9. The van der Waals surface area contributed by atoms with Crippen molar-refractivity contribution in [3.05, 3.63) is 0 Å². The van der Waals surface area contributed by atoms with Crippen LogP contribution in [0.2, 0.25) is 0 Å². The van der Waals surface area contributed by atoms with E-state index in [-0.39, 0.29) is 52.1 Å². The van der Waals surface area contributed by atoms with Crippen LogP contribution in [0.1, 0.15) is 39.5 Å². The van der Waals surface area contributed by atoms with Gasteiger partial charge in [0.05, 0.1) is 26.4 Å². The third-order valence-corrected chi connectivity index (χ3v) is 9.57. The van der Waals surface area contributed by atoms with E-state index in [0.717, 1.165) is 0 Å². The van der Waals surface area contributed by atoms with Gasteiger partial charge >= 0.3 is 0 Å². The van der Waals surface area contributed by atoms with Crippen LogP contribution in [0, 0.1) is 0 Å². The Hall–Kier alpha value is -0.380. The Morgan fingerprint density at radius 1 is 0.690 bits per heavy atom. The molecule has 0 aromatic rings. The highest BCUT2D eigenvalue weighted by Crippen LogP contribution is 2.58. The van der Waals surface area contributed by atoms with Gasteiger partial charge in [0.25, 0.3) is 20.2 Å². The van der Waals surface area contributed by atoms with Crippen LogP contribution in [0.3, 0.4) is 0 Å². The normalized spacial score (nSPS) is 44.6. The summed E-state index contributed by atoms with van der Waals surface area (Å²) in [6.45, 7) is 3.66. The van der Waals surface area contributed by atoms with Gasteiger partial charge in [-0.05, 0) is 13.8 Å². The molecule has 0 saturated carbocycles. The summed E-state index contributed by atoms with van der Waals surface area (Å²) in [7, 11) is -8.97. The van der Waals surface area contributed by atoms with Crippen LogP contribution in [0.25, 0.3) is 0 Å². The Morgan fingerprint density at radius 2 is 0.966 bits per heavy atom. The Labute approximate surface area is 169 Å². The van der Waals surface area contributed by atoms with E-state index in [2.05, 4.69) is 0 Å². The molecule has 0 amide bonds. The van der Waals surface area contributed by atoms with Gasteiger partial charge in [0.2, 0.25) is 11.6 Å². The van der Waals surface area contributed by atoms with E-state index in [0.29, 0.717) is 0 Å². The van der Waals surface area contributed by atoms with E-state index in [1.807, 2.05) is 0 Å². The molecule has 0 spiro atoms. The van der Waals surface area contributed by atoms with Gasteiger partial charge in [-0.1, -0.05) is 0 Å². The maximum Gasteiger partial charge on any atom is 0.270 e. The molecule has 4 fully saturated rings. The molecule has 29 heavy (non-hydrogen) atoms. The standard InChI is InChI=1S/C16H26O11S2/c1-11(28(17,18)19)13(3-7-23-13)15(5-9-25-15)27-16(6-10-26-16)14(4-8-24-14)12(2)29(20,21)22/h11-12H,3-10H2,1-2H3,(H,17,18,19)(H,20,21,22). The van der Waals surface area contributed by atoms with Gasteiger partial charge in [-0.15, -0.1) is 0 Å². The molecule has 168 valence electrons. The Balaban J connectivity index is 1.72. The van der Waals surface area contributed by atoms with Gasteiger partial charge in [0.15, 0.2) is 0 Å². The first kappa shape index (κ1) is 21.8. The molecular weight excluding hydrogens is 432 g/mol. The van der Waals surface area contributed by atoms with Gasteiger partial charge in [-0.25, -0.2) is 0 Å². The van der Waals surface area contributed by atoms with Crippen LogP contribution >= 0.6 is 0 Å². The molecule has 13 heteroatoms. The van der Waals surface area contributed by atoms with Crippen LogP contribution < -0.4 is 0 Å². The molecule has 0 bridgehead atoms. The van der Waals surface area contributed by atoms with Crippen molar-refractivity contribution in [3.8, 4) is 0 Å². The molecule has 4 aliphatic rings. The molecule has 6 atom stereocenters. The monoisotopic (exact) mass is 458 g/mol. The van der Waals surface area contributed by atoms with E-state index < -0.39 is 53.5 Å². The Kier molecular flexibility index (Phi) is 4.94. The van der Waals surface area contributed by atoms with Crippen molar-refractivity contribution in [2.75, 3.05) is 26.4 Å². The lowest BCUT2D eigenvalue weighted by Gasteiger charge is -2.66. The highest BCUT2D eigenvalue weighted by molar-refractivity contribution is 7.86. The summed E-state index contributed by atoms with van der Waals surface area (Å²) >= 11 is 0. The van der Waals surface area contributed by atoms with Crippen molar-refractivity contribution in [1.29, 1.82) is 0 Å². The zero-order valence-electron chi connectivity index (χ0n) is 16.2. The first-order valence-electron chi connectivity index (χ1n) is 9.53. The van der Waals surface area contributed by atoms with Crippen LogP contribution in [0.15, 0.2) is 0 Å². The van der Waals surface area contributed by atoms with Gasteiger partial charge in [-0.2, -0.15) is 16.8 Å². The van der Waals surface area contributed by atoms with E-state index >= 15 is 0 Å². The average Bonchev–Trinajstić information content (AvgIpc) is 2.44. The van der Waals surface area contributed by atoms with Gasteiger partial charge in [0.1, 0.15) is 21.7 Å². The molecule has 4 saturated heterocycles. The topological polar surface area (TPSA) is 155 Å². The lowest BCUT2D eigenvalue weighted by Crippen LogP contribution is -2.81. The molecule has 0 radical (unpaired) electrons. The molecule has 6 unspecified atom stereocenters. The molecule has 11 nitrogen and oxygen atoms in total. The van der Waals surface area contributed by atoms with E-state index in [1.165, 1.54) is 13.8 Å². The van der Waals surface area contributed by atoms with Crippen LogP contribution in [-0.2, 0) is 43.9 Å². The summed E-state index contributed by atoms with van der Waals surface area (Å²) in [6, 6.07) is 0. The fraction of sp³-hybridized carbons (Fsp3) is 1.00. The number of rotatable bonds is 8. The third-order valence-electron chi connectivity index (χ3n) is 7.03. The average molecular weight is 459 g/mol. The minimum atomic E-state index is -4.48. The van der Waals surface area contributed by atoms with Crippen molar-refractivity contribution >= 4 is 20.2 Å². The summed E-state index contributed by atoms with van der Waals surface area (Å²) in [5, 5.41) is -2.70. The first-order chi connectivity index (χ1) is 13.3. The van der Waals surface area contributed by atoms with Crippen molar-refractivity contribution in [1.82, 2.24) is 0 Å². The second-order valence-corrected chi connectivity index (χ2v) is 11.6. The predicted molar refractivity (Wildman–Crippen MR) is 96.3 cm³/mol. The highest BCUT2D eigenvalue weighted by Gasteiger charge is 2.75. The smallest absolute Gasteiger partial charge is 0.270 e. The SMILES string of the molecule is CC(C1(C2(OC3(C4(C(C)S(=O)(=O)O)CCO4)CCO3)CCO2)CCO1)S(=O)(=O)O. The summed E-state index contributed by atoms with van der Waals surface area (Å²) in [5.74, 6) is -3.13. The third kappa shape index (κ3) is 2.86. The van der Waals surface area contributed by atoms with Crippen LogP contribution in [-0.4, -0.2) is 85.6 Å². The Morgan fingerprint density at radius 3 is 1.10 bits per heavy atom. The van der Waals surface area contributed by atoms with E-state index in [9.17, 15) is 25.9 Å². The van der Waals surface area contributed by atoms with Gasteiger partial charge < -0.3 is 23.7 Å². The number of hydrogen-bond acceptors (Lipinski definition) is 9. The molecule has 2 N–H and O–H groups in total. The van der Waals surface area contributed by atoms with Crippen molar-refractivity contribution in [2.24, 2.45) is 0 Å². The van der Waals surface area contributed by atoms with Crippen molar-refractivity contribution < 1.29 is 49.6 Å². The van der Waals surface area contributed by atoms with Gasteiger partial charge in [0, 0.05) is 25.7 Å². The Bertz CT molecular complexity index is 793. The molecule has 4 rings (SSSR count). The van der Waals surface area contributed by atoms with Crippen LogP contribution in [0.5, 0.6) is 0 Å².